The summed E-state index contributed by atoms with van der Waals surface area (Å²) in [6.07, 6.45) is 9.78. The summed E-state index contributed by atoms with van der Waals surface area (Å²) in [7, 11) is 0. The summed E-state index contributed by atoms with van der Waals surface area (Å²) in [6, 6.07) is 6.97. The van der Waals surface area contributed by atoms with Crippen LogP contribution >= 0.6 is 0 Å². The number of aryl methyl sites for hydroxylation is 1. The number of carbonyl (C=O) groups excluding carboxylic acids is 1. The molecule has 0 amide bonds. The molecule has 110 valence electrons. The Morgan fingerprint density at radius 3 is 2.81 bits per heavy atom. The van der Waals surface area contributed by atoms with E-state index in [0.29, 0.717) is 23.5 Å². The number of fused-ring (bicyclic) bond motifs is 5. The molecule has 1 fully saturated rings. The van der Waals surface area contributed by atoms with Crippen LogP contribution < -0.4 is 0 Å². The fourth-order valence-corrected chi connectivity index (χ4v) is 4.91. The fraction of sp³-hybridized carbons (Fsp3) is 0.550. The summed E-state index contributed by atoms with van der Waals surface area (Å²) >= 11 is 0. The second-order valence-corrected chi connectivity index (χ2v) is 7.31. The second-order valence-electron chi connectivity index (χ2n) is 7.31. The van der Waals surface area contributed by atoms with Gasteiger partial charge < -0.3 is 0 Å². The fourth-order valence-electron chi connectivity index (χ4n) is 4.91. The normalized spacial score (nSPS) is 34.5. The van der Waals surface area contributed by atoms with Gasteiger partial charge in [0.2, 0.25) is 0 Å². The van der Waals surface area contributed by atoms with E-state index in [1.165, 1.54) is 29.5 Å². The monoisotopic (exact) mass is 280 g/mol. The third-order valence-electron chi connectivity index (χ3n) is 6.30. The van der Waals surface area contributed by atoms with E-state index in [9.17, 15) is 4.79 Å². The zero-order chi connectivity index (χ0) is 14.6. The predicted octanol–water partition coefficient (Wildman–Crippen LogP) is 4.55. The number of ketones is 1. The number of allylic oxidation sites excluding steroid dienone is 2. The van der Waals surface area contributed by atoms with Crippen molar-refractivity contribution in [1.82, 2.24) is 0 Å². The van der Waals surface area contributed by atoms with Crippen LogP contribution in [-0.2, 0) is 16.6 Å². The molecule has 0 N–H and O–H groups in total. The molecule has 1 spiro atoms. The topological polar surface area (TPSA) is 17.1 Å². The highest BCUT2D eigenvalue weighted by atomic mass is 16.1. The van der Waals surface area contributed by atoms with Gasteiger partial charge in [0.1, 0.15) is 5.78 Å². The highest BCUT2D eigenvalue weighted by Crippen LogP contribution is 2.56. The Morgan fingerprint density at radius 1 is 1.29 bits per heavy atom. The van der Waals surface area contributed by atoms with Crippen LogP contribution in [-0.4, -0.2) is 5.78 Å². The van der Waals surface area contributed by atoms with E-state index in [1.54, 1.807) is 0 Å². The molecule has 3 aliphatic rings. The largest absolute Gasteiger partial charge is 0.299 e. The molecule has 4 rings (SSSR count). The molecule has 1 heteroatoms. The van der Waals surface area contributed by atoms with Crippen molar-refractivity contribution >= 4 is 5.78 Å². The van der Waals surface area contributed by atoms with Gasteiger partial charge in [-0.2, -0.15) is 0 Å². The predicted molar refractivity (Wildman–Crippen MR) is 85.5 cm³/mol. The van der Waals surface area contributed by atoms with Gasteiger partial charge in [-0.05, 0) is 60.1 Å². The van der Waals surface area contributed by atoms with Crippen LogP contribution in [0.2, 0.25) is 0 Å². The Hall–Kier alpha value is -1.37. The molecule has 0 aromatic heterocycles. The molecule has 4 unspecified atom stereocenters. The van der Waals surface area contributed by atoms with E-state index in [4.69, 9.17) is 0 Å². The molecule has 1 aromatic carbocycles. The number of benzene rings is 1. The maximum Gasteiger partial charge on any atom is 0.144 e. The molecule has 21 heavy (non-hydrogen) atoms. The van der Waals surface area contributed by atoms with Gasteiger partial charge in [-0.25, -0.2) is 0 Å². The Balaban J connectivity index is 1.83. The van der Waals surface area contributed by atoms with Crippen molar-refractivity contribution in [2.24, 2.45) is 11.8 Å². The van der Waals surface area contributed by atoms with Crippen LogP contribution in [0.5, 0.6) is 0 Å². The highest BCUT2D eigenvalue weighted by Gasteiger charge is 2.55. The maximum atomic E-state index is 12.8. The SMILES string of the molecule is CCC(C)c1ccc2c(c1)CCC(=O)C21CC2C=CC1C2. The van der Waals surface area contributed by atoms with Crippen molar-refractivity contribution in [3.63, 3.8) is 0 Å². The quantitative estimate of drug-likeness (QED) is 0.726. The standard InChI is InChI=1S/C20H24O/c1-3-13(2)15-5-8-18-16(11-15)6-9-19(21)20(18)12-14-4-7-17(20)10-14/h4-5,7-8,11,13-14,17H,3,6,9-10,12H2,1-2H3. The molecular formula is C20H24O. The Kier molecular flexibility index (Phi) is 2.89. The van der Waals surface area contributed by atoms with Crippen molar-refractivity contribution in [1.29, 1.82) is 0 Å². The van der Waals surface area contributed by atoms with Gasteiger partial charge >= 0.3 is 0 Å². The van der Waals surface area contributed by atoms with Gasteiger partial charge in [-0.1, -0.05) is 44.2 Å². The van der Waals surface area contributed by atoms with Gasteiger partial charge in [0.15, 0.2) is 0 Å². The number of Topliss-reactive ketones (excluding diaryl/α,β-unsaturated/α-hetero) is 1. The minimum atomic E-state index is -0.166. The summed E-state index contributed by atoms with van der Waals surface area (Å²) < 4.78 is 0. The number of rotatable bonds is 2. The lowest BCUT2D eigenvalue weighted by Gasteiger charge is -2.40. The van der Waals surface area contributed by atoms with Crippen molar-refractivity contribution in [3.05, 3.63) is 47.0 Å². The third-order valence-corrected chi connectivity index (χ3v) is 6.30. The first-order chi connectivity index (χ1) is 10.1. The molecule has 0 aliphatic heterocycles. The molecular weight excluding hydrogens is 256 g/mol. The summed E-state index contributed by atoms with van der Waals surface area (Å²) in [5.41, 5.74) is 4.09. The summed E-state index contributed by atoms with van der Waals surface area (Å²) in [5.74, 6) is 2.22. The Bertz CT molecular complexity index is 627. The minimum absolute atomic E-state index is 0.166. The number of hydrogen-bond donors (Lipinski definition) is 0. The lowest BCUT2D eigenvalue weighted by Crippen LogP contribution is -2.43. The molecule has 2 bridgehead atoms. The van der Waals surface area contributed by atoms with E-state index in [0.717, 1.165) is 19.3 Å². The van der Waals surface area contributed by atoms with Crippen molar-refractivity contribution in [3.8, 4) is 0 Å². The van der Waals surface area contributed by atoms with Crippen LogP contribution in [0.25, 0.3) is 0 Å². The summed E-state index contributed by atoms with van der Waals surface area (Å²) in [4.78, 5) is 12.8. The lowest BCUT2D eigenvalue weighted by atomic mass is 9.62. The van der Waals surface area contributed by atoms with Gasteiger partial charge in [-0.15, -0.1) is 0 Å². The van der Waals surface area contributed by atoms with Gasteiger partial charge in [0.05, 0.1) is 5.41 Å². The van der Waals surface area contributed by atoms with Crippen molar-refractivity contribution in [2.45, 2.75) is 57.3 Å². The number of hydrogen-bond acceptors (Lipinski definition) is 1. The van der Waals surface area contributed by atoms with Crippen LogP contribution in [0, 0.1) is 11.8 Å². The van der Waals surface area contributed by atoms with E-state index < -0.39 is 0 Å². The molecule has 0 saturated heterocycles. The average Bonchev–Trinajstić information content (AvgIpc) is 3.12. The zero-order valence-corrected chi connectivity index (χ0v) is 13.1. The summed E-state index contributed by atoms with van der Waals surface area (Å²) in [5, 5.41) is 0. The minimum Gasteiger partial charge on any atom is -0.299 e. The van der Waals surface area contributed by atoms with Gasteiger partial charge in [-0.3, -0.25) is 4.79 Å². The summed E-state index contributed by atoms with van der Waals surface area (Å²) in [6.45, 7) is 4.54. The molecule has 0 radical (unpaired) electrons. The van der Waals surface area contributed by atoms with Gasteiger partial charge in [0, 0.05) is 6.42 Å². The van der Waals surface area contributed by atoms with Crippen LogP contribution in [0.15, 0.2) is 30.4 Å². The van der Waals surface area contributed by atoms with Crippen molar-refractivity contribution < 1.29 is 4.79 Å². The molecule has 3 aliphatic carbocycles. The maximum absolute atomic E-state index is 12.8. The molecule has 0 heterocycles. The van der Waals surface area contributed by atoms with Crippen LogP contribution in [0.1, 0.15) is 62.1 Å². The zero-order valence-electron chi connectivity index (χ0n) is 13.1. The smallest absolute Gasteiger partial charge is 0.144 e. The second kappa shape index (κ2) is 4.56. The highest BCUT2D eigenvalue weighted by molar-refractivity contribution is 5.94. The van der Waals surface area contributed by atoms with Crippen LogP contribution in [0.3, 0.4) is 0 Å². The first-order valence-corrected chi connectivity index (χ1v) is 8.50. The number of carbonyl (C=O) groups is 1. The van der Waals surface area contributed by atoms with E-state index >= 15 is 0 Å². The molecule has 4 atom stereocenters. The van der Waals surface area contributed by atoms with Crippen LogP contribution in [0.4, 0.5) is 0 Å². The van der Waals surface area contributed by atoms with E-state index in [-0.39, 0.29) is 5.41 Å². The average molecular weight is 280 g/mol. The first-order valence-electron chi connectivity index (χ1n) is 8.50. The Morgan fingerprint density at radius 2 is 2.14 bits per heavy atom. The molecule has 1 nitrogen and oxygen atoms in total. The Labute approximate surface area is 127 Å². The van der Waals surface area contributed by atoms with E-state index in [2.05, 4.69) is 44.2 Å². The molecule has 1 saturated carbocycles. The van der Waals surface area contributed by atoms with E-state index in [1.807, 2.05) is 0 Å². The van der Waals surface area contributed by atoms with Crippen molar-refractivity contribution in [2.75, 3.05) is 0 Å². The van der Waals surface area contributed by atoms with Gasteiger partial charge in [0.25, 0.3) is 0 Å². The lowest BCUT2D eigenvalue weighted by molar-refractivity contribution is -0.126. The first kappa shape index (κ1) is 13.3. The third kappa shape index (κ3) is 1.73. The molecule has 1 aromatic rings.